The maximum absolute atomic E-state index is 13.1. The van der Waals surface area contributed by atoms with Crippen LogP contribution in [0.2, 0.25) is 0 Å². The first-order chi connectivity index (χ1) is 12.7. The van der Waals surface area contributed by atoms with E-state index in [-0.39, 0.29) is 11.9 Å². The fourth-order valence-electron chi connectivity index (χ4n) is 3.56. The molecule has 2 aliphatic heterocycles. The molecule has 2 aliphatic rings. The van der Waals surface area contributed by atoms with E-state index in [4.69, 9.17) is 14.2 Å². The highest BCUT2D eigenvalue weighted by atomic mass is 16.5. The summed E-state index contributed by atoms with van der Waals surface area (Å²) >= 11 is 0. The monoisotopic (exact) mass is 357 g/mol. The fraction of sp³-hybridized carbons (Fsp3) is 0.474. The SMILES string of the molecule is COCc1cnc2n1CCN(C(=O)c1ccc3c(c1)OCCCO3)[C@H]2C. The van der Waals surface area contributed by atoms with Crippen molar-refractivity contribution in [2.45, 2.75) is 32.5 Å². The highest BCUT2D eigenvalue weighted by molar-refractivity contribution is 5.95. The molecule has 0 saturated heterocycles. The third-order valence-electron chi connectivity index (χ3n) is 4.92. The third kappa shape index (κ3) is 2.92. The number of ether oxygens (including phenoxy) is 3. The van der Waals surface area contributed by atoms with E-state index in [9.17, 15) is 4.79 Å². The van der Waals surface area contributed by atoms with Crippen molar-refractivity contribution in [1.82, 2.24) is 14.5 Å². The average molecular weight is 357 g/mol. The molecular formula is C19H23N3O4. The minimum Gasteiger partial charge on any atom is -0.490 e. The van der Waals surface area contributed by atoms with Gasteiger partial charge in [0.25, 0.3) is 5.91 Å². The fourth-order valence-corrected chi connectivity index (χ4v) is 3.56. The van der Waals surface area contributed by atoms with Crippen molar-refractivity contribution < 1.29 is 19.0 Å². The number of hydrogen-bond donors (Lipinski definition) is 0. The topological polar surface area (TPSA) is 65.8 Å². The molecule has 26 heavy (non-hydrogen) atoms. The molecule has 1 atom stereocenters. The molecule has 138 valence electrons. The number of amides is 1. The Bertz CT molecular complexity index is 817. The van der Waals surface area contributed by atoms with E-state index in [2.05, 4.69) is 9.55 Å². The van der Waals surface area contributed by atoms with Gasteiger partial charge in [0.05, 0.1) is 37.8 Å². The standard InChI is InChI=1S/C19H23N3O4/c1-13-18-20-11-15(12-24-2)22(18)7-6-21(13)19(23)14-4-5-16-17(10-14)26-9-3-8-25-16/h4-5,10-11,13H,3,6-9,12H2,1-2H3/t13-/m0/s1. The van der Waals surface area contributed by atoms with Crippen LogP contribution < -0.4 is 9.47 Å². The lowest BCUT2D eigenvalue weighted by Crippen LogP contribution is -2.41. The molecule has 1 amide bonds. The Kier molecular flexibility index (Phi) is 4.55. The van der Waals surface area contributed by atoms with Crippen molar-refractivity contribution in [1.29, 1.82) is 0 Å². The summed E-state index contributed by atoms with van der Waals surface area (Å²) in [7, 11) is 1.67. The number of aromatic nitrogens is 2. The molecule has 0 spiro atoms. The zero-order valence-corrected chi connectivity index (χ0v) is 15.1. The van der Waals surface area contributed by atoms with Crippen molar-refractivity contribution in [2.24, 2.45) is 0 Å². The molecule has 0 aliphatic carbocycles. The van der Waals surface area contributed by atoms with Gasteiger partial charge in [-0.05, 0) is 25.1 Å². The maximum Gasteiger partial charge on any atom is 0.254 e. The molecule has 7 nitrogen and oxygen atoms in total. The van der Waals surface area contributed by atoms with Gasteiger partial charge in [-0.3, -0.25) is 4.79 Å². The number of carbonyl (C=O) groups is 1. The van der Waals surface area contributed by atoms with E-state index in [1.807, 2.05) is 24.1 Å². The molecule has 0 N–H and O–H groups in total. The van der Waals surface area contributed by atoms with Gasteiger partial charge >= 0.3 is 0 Å². The molecule has 2 aromatic rings. The van der Waals surface area contributed by atoms with Crippen LogP contribution in [-0.4, -0.2) is 47.2 Å². The number of rotatable bonds is 3. The van der Waals surface area contributed by atoms with Gasteiger partial charge < -0.3 is 23.7 Å². The minimum atomic E-state index is -0.0992. The van der Waals surface area contributed by atoms with Crippen molar-refractivity contribution in [2.75, 3.05) is 26.9 Å². The van der Waals surface area contributed by atoms with Gasteiger partial charge in [-0.25, -0.2) is 4.98 Å². The second-order valence-electron chi connectivity index (χ2n) is 6.58. The van der Waals surface area contributed by atoms with Gasteiger partial charge in [-0.15, -0.1) is 0 Å². The molecule has 0 unspecified atom stereocenters. The molecular weight excluding hydrogens is 334 g/mol. The van der Waals surface area contributed by atoms with Gasteiger partial charge in [0.2, 0.25) is 0 Å². The summed E-state index contributed by atoms with van der Waals surface area (Å²) in [5.41, 5.74) is 1.65. The van der Waals surface area contributed by atoms with Crippen molar-refractivity contribution in [3.8, 4) is 11.5 Å². The van der Waals surface area contributed by atoms with Crippen LogP contribution >= 0.6 is 0 Å². The van der Waals surface area contributed by atoms with Gasteiger partial charge in [0, 0.05) is 32.2 Å². The molecule has 0 radical (unpaired) electrons. The lowest BCUT2D eigenvalue weighted by molar-refractivity contribution is 0.0632. The predicted octanol–water partition coefficient (Wildman–Crippen LogP) is 2.41. The van der Waals surface area contributed by atoms with Gasteiger partial charge in [0.1, 0.15) is 5.82 Å². The zero-order valence-electron chi connectivity index (χ0n) is 15.1. The Morgan fingerprint density at radius 1 is 1.27 bits per heavy atom. The summed E-state index contributed by atoms with van der Waals surface area (Å²) in [5, 5.41) is 0. The van der Waals surface area contributed by atoms with Crippen molar-refractivity contribution in [3.63, 3.8) is 0 Å². The Morgan fingerprint density at radius 2 is 2.08 bits per heavy atom. The van der Waals surface area contributed by atoms with E-state index in [1.54, 1.807) is 19.2 Å². The Labute approximate surface area is 152 Å². The first kappa shape index (κ1) is 16.9. The van der Waals surface area contributed by atoms with Crippen LogP contribution in [0.1, 0.15) is 41.3 Å². The summed E-state index contributed by atoms with van der Waals surface area (Å²) in [5.74, 6) is 2.22. The summed E-state index contributed by atoms with van der Waals surface area (Å²) < 4.78 is 18.7. The molecule has 4 rings (SSSR count). The maximum atomic E-state index is 13.1. The van der Waals surface area contributed by atoms with Crippen molar-refractivity contribution >= 4 is 5.91 Å². The van der Waals surface area contributed by atoms with Crippen LogP contribution in [0.5, 0.6) is 11.5 Å². The molecule has 7 heteroatoms. The second-order valence-corrected chi connectivity index (χ2v) is 6.58. The molecule has 0 fully saturated rings. The number of carbonyl (C=O) groups excluding carboxylic acids is 1. The Hall–Kier alpha value is -2.54. The highest BCUT2D eigenvalue weighted by Crippen LogP contribution is 2.32. The number of nitrogens with zero attached hydrogens (tertiary/aromatic N) is 3. The molecule has 1 aromatic carbocycles. The highest BCUT2D eigenvalue weighted by Gasteiger charge is 2.31. The number of hydrogen-bond acceptors (Lipinski definition) is 5. The lowest BCUT2D eigenvalue weighted by Gasteiger charge is -2.34. The van der Waals surface area contributed by atoms with Crippen LogP contribution in [0.25, 0.3) is 0 Å². The number of benzene rings is 1. The van der Waals surface area contributed by atoms with E-state index in [0.29, 0.717) is 50.0 Å². The smallest absolute Gasteiger partial charge is 0.254 e. The molecule has 0 saturated carbocycles. The first-order valence-corrected chi connectivity index (χ1v) is 8.93. The Morgan fingerprint density at radius 3 is 2.88 bits per heavy atom. The predicted molar refractivity (Wildman–Crippen MR) is 94.4 cm³/mol. The van der Waals surface area contributed by atoms with Gasteiger partial charge in [0.15, 0.2) is 11.5 Å². The van der Waals surface area contributed by atoms with Crippen LogP contribution in [0, 0.1) is 0 Å². The quantitative estimate of drug-likeness (QED) is 0.844. The number of imidazole rings is 1. The van der Waals surface area contributed by atoms with Gasteiger partial charge in [-0.2, -0.15) is 0 Å². The Balaban J connectivity index is 1.58. The van der Waals surface area contributed by atoms with E-state index >= 15 is 0 Å². The number of methoxy groups -OCH3 is 1. The number of fused-ring (bicyclic) bond motifs is 2. The zero-order chi connectivity index (χ0) is 18.1. The molecule has 0 bridgehead atoms. The first-order valence-electron chi connectivity index (χ1n) is 8.93. The van der Waals surface area contributed by atoms with Gasteiger partial charge in [-0.1, -0.05) is 0 Å². The average Bonchev–Trinajstić information content (AvgIpc) is 2.91. The largest absolute Gasteiger partial charge is 0.490 e. The van der Waals surface area contributed by atoms with E-state index in [1.165, 1.54) is 0 Å². The summed E-state index contributed by atoms with van der Waals surface area (Å²) in [6.07, 6.45) is 2.67. The summed E-state index contributed by atoms with van der Waals surface area (Å²) in [6.45, 7) is 5.12. The van der Waals surface area contributed by atoms with Crippen LogP contribution in [0.15, 0.2) is 24.4 Å². The van der Waals surface area contributed by atoms with Crippen molar-refractivity contribution in [3.05, 3.63) is 41.5 Å². The van der Waals surface area contributed by atoms with E-state index < -0.39 is 0 Å². The second kappa shape index (κ2) is 6.99. The molecule has 3 heterocycles. The summed E-state index contributed by atoms with van der Waals surface area (Å²) in [4.78, 5) is 19.5. The summed E-state index contributed by atoms with van der Waals surface area (Å²) in [6, 6.07) is 5.31. The third-order valence-corrected chi connectivity index (χ3v) is 4.92. The van der Waals surface area contributed by atoms with Crippen LogP contribution in [0.4, 0.5) is 0 Å². The van der Waals surface area contributed by atoms with E-state index in [0.717, 1.165) is 17.9 Å². The lowest BCUT2D eigenvalue weighted by atomic mass is 10.1. The normalized spacial score (nSPS) is 19.0. The van der Waals surface area contributed by atoms with Crippen LogP contribution in [-0.2, 0) is 17.9 Å². The van der Waals surface area contributed by atoms with Crippen LogP contribution in [0.3, 0.4) is 0 Å². The molecule has 1 aromatic heterocycles. The minimum absolute atomic E-state index is 0.0179.